The molecule has 6 heteroatoms. The Morgan fingerprint density at radius 3 is 3.06 bits per heavy atom. The molecule has 0 aromatic carbocycles. The molecule has 0 unspecified atom stereocenters. The Bertz CT molecular complexity index is 358. The molecule has 6 nitrogen and oxygen atoms in total. The van der Waals surface area contributed by atoms with Gasteiger partial charge in [-0.25, -0.2) is 4.79 Å². The van der Waals surface area contributed by atoms with E-state index in [1.54, 1.807) is 0 Å². The molecule has 0 saturated carbocycles. The van der Waals surface area contributed by atoms with Gasteiger partial charge in [-0.05, 0) is 12.5 Å². The van der Waals surface area contributed by atoms with Gasteiger partial charge in [0.15, 0.2) is 5.82 Å². The molecule has 1 rings (SSSR count). The maximum Gasteiger partial charge on any atom is 0.339 e. The number of carbonyl (C=O) groups is 1. The summed E-state index contributed by atoms with van der Waals surface area (Å²) in [5, 5.41) is 19.2. The normalized spacial score (nSPS) is 10.2. The van der Waals surface area contributed by atoms with Gasteiger partial charge in [-0.2, -0.15) is 5.10 Å². The summed E-state index contributed by atoms with van der Waals surface area (Å²) >= 11 is 0. The van der Waals surface area contributed by atoms with Gasteiger partial charge in [0, 0.05) is 13.2 Å². The van der Waals surface area contributed by atoms with Crippen molar-refractivity contribution in [1.29, 1.82) is 0 Å². The van der Waals surface area contributed by atoms with E-state index in [0.29, 0.717) is 13.2 Å². The van der Waals surface area contributed by atoms with E-state index in [4.69, 9.17) is 9.84 Å². The van der Waals surface area contributed by atoms with Crippen LogP contribution < -0.4 is 5.32 Å². The van der Waals surface area contributed by atoms with Crippen LogP contribution in [0.2, 0.25) is 0 Å². The highest BCUT2D eigenvalue weighted by Crippen LogP contribution is 2.09. The SMILES string of the molecule is CCCCOCCNc1nnccc1C(=O)O. The van der Waals surface area contributed by atoms with Crippen LogP contribution in [0.5, 0.6) is 0 Å². The smallest absolute Gasteiger partial charge is 0.339 e. The summed E-state index contributed by atoms with van der Waals surface area (Å²) in [6.07, 6.45) is 3.48. The predicted octanol–water partition coefficient (Wildman–Crippen LogP) is 1.40. The van der Waals surface area contributed by atoms with Crippen molar-refractivity contribution < 1.29 is 14.6 Å². The number of hydrogen-bond acceptors (Lipinski definition) is 5. The molecule has 1 aromatic rings. The molecule has 2 N–H and O–H groups in total. The average molecular weight is 239 g/mol. The van der Waals surface area contributed by atoms with Gasteiger partial charge in [0.1, 0.15) is 5.56 Å². The van der Waals surface area contributed by atoms with Crippen LogP contribution in [0.25, 0.3) is 0 Å². The lowest BCUT2D eigenvalue weighted by atomic mass is 10.3. The predicted molar refractivity (Wildman–Crippen MR) is 63.2 cm³/mol. The van der Waals surface area contributed by atoms with Gasteiger partial charge in [-0.1, -0.05) is 13.3 Å². The summed E-state index contributed by atoms with van der Waals surface area (Å²) in [5.74, 6) is -0.742. The minimum absolute atomic E-state index is 0.119. The number of hydrogen-bond donors (Lipinski definition) is 2. The first kappa shape index (κ1) is 13.4. The number of nitrogens with one attached hydrogen (secondary N) is 1. The number of ether oxygens (including phenoxy) is 1. The van der Waals surface area contributed by atoms with Gasteiger partial charge in [-0.3, -0.25) is 0 Å². The van der Waals surface area contributed by atoms with Gasteiger partial charge in [0.05, 0.1) is 12.8 Å². The second-order valence-electron chi connectivity index (χ2n) is 3.49. The van der Waals surface area contributed by atoms with E-state index in [2.05, 4.69) is 22.4 Å². The number of carboxylic acids is 1. The zero-order valence-corrected chi connectivity index (χ0v) is 9.85. The van der Waals surface area contributed by atoms with Crippen molar-refractivity contribution in [1.82, 2.24) is 10.2 Å². The molecule has 0 spiro atoms. The Morgan fingerprint density at radius 1 is 1.53 bits per heavy atom. The van der Waals surface area contributed by atoms with Crippen molar-refractivity contribution in [3.63, 3.8) is 0 Å². The molecule has 0 saturated heterocycles. The van der Waals surface area contributed by atoms with E-state index in [1.165, 1.54) is 12.3 Å². The monoisotopic (exact) mass is 239 g/mol. The summed E-state index contributed by atoms with van der Waals surface area (Å²) in [4.78, 5) is 10.9. The summed E-state index contributed by atoms with van der Waals surface area (Å²) in [6, 6.07) is 1.41. The zero-order valence-electron chi connectivity index (χ0n) is 9.85. The number of carboxylic acid groups (broad SMARTS) is 1. The summed E-state index contributed by atoms with van der Waals surface area (Å²) in [5.41, 5.74) is 0.119. The van der Waals surface area contributed by atoms with Crippen LogP contribution in [0.15, 0.2) is 12.3 Å². The molecule has 0 atom stereocenters. The lowest BCUT2D eigenvalue weighted by Crippen LogP contribution is -2.14. The van der Waals surface area contributed by atoms with Crippen molar-refractivity contribution in [2.24, 2.45) is 0 Å². The largest absolute Gasteiger partial charge is 0.478 e. The van der Waals surface area contributed by atoms with Gasteiger partial charge in [0.25, 0.3) is 0 Å². The number of anilines is 1. The maximum absolute atomic E-state index is 10.9. The van der Waals surface area contributed by atoms with Crippen LogP contribution in [-0.4, -0.2) is 41.0 Å². The molecule has 1 aromatic heterocycles. The Kier molecular flexibility index (Phi) is 5.95. The Labute approximate surface area is 100 Å². The molecule has 0 aliphatic rings. The fourth-order valence-corrected chi connectivity index (χ4v) is 1.22. The highest BCUT2D eigenvalue weighted by atomic mass is 16.5. The number of aromatic carboxylic acids is 1. The van der Waals surface area contributed by atoms with E-state index in [9.17, 15) is 4.79 Å². The minimum Gasteiger partial charge on any atom is -0.478 e. The van der Waals surface area contributed by atoms with E-state index < -0.39 is 5.97 Å². The van der Waals surface area contributed by atoms with Crippen LogP contribution in [0.1, 0.15) is 30.1 Å². The number of rotatable bonds is 8. The van der Waals surface area contributed by atoms with Crippen molar-refractivity contribution in [2.45, 2.75) is 19.8 Å². The summed E-state index contributed by atoms with van der Waals surface area (Å²) in [6.45, 7) is 3.86. The van der Waals surface area contributed by atoms with Gasteiger partial charge in [0.2, 0.25) is 0 Å². The van der Waals surface area contributed by atoms with E-state index in [1.807, 2.05) is 0 Å². The van der Waals surface area contributed by atoms with Crippen molar-refractivity contribution in [2.75, 3.05) is 25.1 Å². The van der Waals surface area contributed by atoms with Crippen LogP contribution >= 0.6 is 0 Å². The second kappa shape index (κ2) is 7.56. The van der Waals surface area contributed by atoms with Crippen LogP contribution in [0.3, 0.4) is 0 Å². The van der Waals surface area contributed by atoms with Gasteiger partial charge >= 0.3 is 5.97 Å². The summed E-state index contributed by atoms with van der Waals surface area (Å²) < 4.78 is 5.34. The van der Waals surface area contributed by atoms with Crippen LogP contribution in [-0.2, 0) is 4.74 Å². The highest BCUT2D eigenvalue weighted by Gasteiger charge is 2.10. The third-order valence-corrected chi connectivity index (χ3v) is 2.13. The second-order valence-corrected chi connectivity index (χ2v) is 3.49. The molecule has 0 radical (unpaired) electrons. The topological polar surface area (TPSA) is 84.3 Å². The quantitative estimate of drug-likeness (QED) is 0.667. The first-order chi connectivity index (χ1) is 8.25. The zero-order chi connectivity index (χ0) is 12.5. The Morgan fingerprint density at radius 2 is 2.35 bits per heavy atom. The van der Waals surface area contributed by atoms with Gasteiger partial charge in [-0.15, -0.1) is 5.10 Å². The third kappa shape index (κ3) is 4.78. The lowest BCUT2D eigenvalue weighted by Gasteiger charge is -2.07. The molecule has 0 amide bonds. The standard InChI is InChI=1S/C11H17N3O3/c1-2-3-7-17-8-6-12-10-9(11(15)16)4-5-13-14-10/h4-5H,2-3,6-8H2,1H3,(H,12,14)(H,15,16). The molecule has 0 bridgehead atoms. The van der Waals surface area contributed by atoms with Crippen LogP contribution in [0, 0.1) is 0 Å². The fourth-order valence-electron chi connectivity index (χ4n) is 1.22. The Balaban J connectivity index is 2.34. The molecule has 94 valence electrons. The number of aromatic nitrogens is 2. The van der Waals surface area contributed by atoms with Crippen LogP contribution in [0.4, 0.5) is 5.82 Å². The van der Waals surface area contributed by atoms with E-state index in [-0.39, 0.29) is 11.4 Å². The lowest BCUT2D eigenvalue weighted by molar-refractivity contribution is 0.0697. The third-order valence-electron chi connectivity index (χ3n) is 2.13. The fraction of sp³-hybridized carbons (Fsp3) is 0.545. The van der Waals surface area contributed by atoms with Crippen molar-refractivity contribution >= 4 is 11.8 Å². The first-order valence-electron chi connectivity index (χ1n) is 5.62. The van der Waals surface area contributed by atoms with E-state index >= 15 is 0 Å². The molecule has 0 aliphatic heterocycles. The average Bonchev–Trinajstić information content (AvgIpc) is 2.34. The van der Waals surface area contributed by atoms with Crippen molar-refractivity contribution in [3.05, 3.63) is 17.8 Å². The molecular formula is C11H17N3O3. The number of unbranched alkanes of at least 4 members (excludes halogenated alkanes) is 1. The molecule has 0 fully saturated rings. The maximum atomic E-state index is 10.9. The number of nitrogens with zero attached hydrogens (tertiary/aromatic N) is 2. The van der Waals surface area contributed by atoms with Crippen molar-refractivity contribution in [3.8, 4) is 0 Å². The van der Waals surface area contributed by atoms with Gasteiger partial charge < -0.3 is 15.2 Å². The molecule has 1 heterocycles. The molecular weight excluding hydrogens is 222 g/mol. The minimum atomic E-state index is -1.02. The summed E-state index contributed by atoms with van der Waals surface area (Å²) in [7, 11) is 0. The highest BCUT2D eigenvalue weighted by molar-refractivity contribution is 5.92. The molecule has 0 aliphatic carbocycles. The van der Waals surface area contributed by atoms with E-state index in [0.717, 1.165) is 19.4 Å². The molecule has 17 heavy (non-hydrogen) atoms. The Hall–Kier alpha value is -1.69. The first-order valence-corrected chi connectivity index (χ1v) is 5.62.